The fraction of sp³-hybridized carbons (Fsp3) is 0. The van der Waals surface area contributed by atoms with Gasteiger partial charge in [0, 0.05) is 62.5 Å². The molecular formula is C96H73Br3ClF2Ge2IN4. The van der Waals surface area contributed by atoms with Gasteiger partial charge < -0.3 is 20.2 Å². The quantitative estimate of drug-likeness (QED) is 0.0770. The Morgan fingerprint density at radius 1 is 0.284 bits per heavy atom. The van der Waals surface area contributed by atoms with Gasteiger partial charge in [0.15, 0.2) is 0 Å². The third-order valence-corrected chi connectivity index (χ3v) is 41.4. The molecule has 109 heavy (non-hydrogen) atoms. The number of nitrogens with two attached hydrogens (primary N) is 1. The number of aromatic nitrogens is 2. The molecule has 0 saturated heterocycles. The minimum absolute atomic E-state index is 0.234. The second-order valence-corrected chi connectivity index (χ2v) is 46.8. The maximum absolute atomic E-state index is 13.1. The molecule has 13 heteroatoms. The normalized spacial score (nSPS) is 10.9. The summed E-state index contributed by atoms with van der Waals surface area (Å²) in [6.07, 6.45) is 0. The van der Waals surface area contributed by atoms with Crippen LogP contribution in [0.1, 0.15) is 0 Å². The van der Waals surface area contributed by atoms with E-state index in [1.165, 1.54) is 115 Å². The number of nitrogens with zero attached hydrogens (tertiary/aromatic N) is 2. The predicted molar refractivity (Wildman–Crippen MR) is 484 cm³/mol. The van der Waals surface area contributed by atoms with E-state index in [9.17, 15) is 8.78 Å². The Labute approximate surface area is 684 Å². The Morgan fingerprint density at radius 2 is 0.569 bits per heavy atom. The minimum atomic E-state index is -3.04. The number of benzene rings is 16. The monoisotopic (exact) mass is 1870 g/mol. The summed E-state index contributed by atoms with van der Waals surface area (Å²) in [5, 5.41) is 8.38. The van der Waals surface area contributed by atoms with Crippen molar-refractivity contribution in [3.05, 3.63) is 453 Å². The molecule has 0 aliphatic rings. The van der Waals surface area contributed by atoms with E-state index in [1.54, 1.807) is 12.1 Å². The summed E-state index contributed by atoms with van der Waals surface area (Å²) in [4.78, 5) is 0. The maximum atomic E-state index is 13.1. The number of nitrogens with one attached hydrogen (secondary N) is 1. The fourth-order valence-electron chi connectivity index (χ4n) is 13.6. The molecule has 0 aliphatic carbocycles. The second kappa shape index (κ2) is 37.5. The van der Waals surface area contributed by atoms with Gasteiger partial charge in [-0.3, -0.25) is 0 Å². The zero-order valence-corrected chi connectivity index (χ0v) is 70.9. The Hall–Kier alpha value is -9.87. The van der Waals surface area contributed by atoms with Crippen LogP contribution in [-0.4, -0.2) is 34.7 Å². The molecule has 16 aromatic carbocycles. The van der Waals surface area contributed by atoms with Gasteiger partial charge in [-0.05, 0) is 168 Å². The summed E-state index contributed by atoms with van der Waals surface area (Å²) in [6, 6.07) is 145. The van der Waals surface area contributed by atoms with Crippen LogP contribution in [0.3, 0.4) is 0 Å². The number of rotatable bonds is 11. The van der Waals surface area contributed by atoms with Gasteiger partial charge in [-0.2, -0.15) is 0 Å². The van der Waals surface area contributed by atoms with E-state index < -0.39 is 25.6 Å². The van der Waals surface area contributed by atoms with E-state index in [1.807, 2.05) is 48.5 Å². The van der Waals surface area contributed by atoms with E-state index in [4.69, 9.17) is 15.7 Å². The molecule has 0 amide bonds. The summed E-state index contributed by atoms with van der Waals surface area (Å²) in [6.45, 7) is 0. The SMILES string of the molecule is Brc1cc[c]([Ge]([c]2ccccc2)([c]2ccccc2)[c]2ccccc2)cc1.Brc1ccc(Br)cc1.Fc1ccc(Nc2ccc3c(c2)c2ccccc2n3-c2ccccc2)cc1.Ic1ccc2c(c1)c1ccccc1n2-c1ccccc1.Nc1ccc(F)cc1.[Cl][Ge]([c]1ccccc1)([c]1ccccc1)[c]1ccccc1. The van der Waals surface area contributed by atoms with Gasteiger partial charge in [0.2, 0.25) is 0 Å². The molecule has 18 aromatic rings. The van der Waals surface area contributed by atoms with Gasteiger partial charge in [0.25, 0.3) is 0 Å². The number of fused-ring (bicyclic) bond motifs is 6. The van der Waals surface area contributed by atoms with Crippen LogP contribution in [0.25, 0.3) is 55.0 Å². The molecule has 18 rings (SSSR count). The molecule has 4 nitrogen and oxygen atoms in total. The third kappa shape index (κ3) is 18.7. The van der Waals surface area contributed by atoms with Crippen molar-refractivity contribution in [3.63, 3.8) is 0 Å². The van der Waals surface area contributed by atoms with Crippen LogP contribution in [0.4, 0.5) is 25.8 Å². The number of anilines is 3. The Kier molecular flexibility index (Phi) is 26.6. The zero-order valence-electron chi connectivity index (χ0n) is 59.0. The molecule has 534 valence electrons. The molecule has 0 saturated carbocycles. The van der Waals surface area contributed by atoms with Crippen molar-refractivity contribution in [1.82, 2.24) is 9.13 Å². The standard InChI is InChI=1S/C24H19BrGe.C24H17FN2.C18H15ClGe.C18H12IN.C6H4Br2.C6H6FN/c25-20-16-18-24(19-17-20)26(21-10-4-1-5-11-21,22-12-6-2-7-13-22)23-14-8-3-9-15-23;25-17-10-12-18(13-11-17)26-19-14-15-24-22(16-19)21-8-4-5-9-23(21)27(24)20-6-2-1-3-7-20;19-20(16-10-4-1-5-11-16,17-12-6-2-7-13-17)18-14-8-3-9-15-18;19-13-10-11-18-16(12-13)15-8-4-5-9-17(15)20(18)14-6-2-1-3-7-14;7-5-1-2-6(8)4-3-5;7-5-1-3-6(8)4-2-5/h1-19H;1-16,26H;1-15H;1-12H;1-4H;1-4H,8H2. The molecule has 2 heterocycles. The van der Waals surface area contributed by atoms with Crippen molar-refractivity contribution in [3.8, 4) is 11.4 Å². The van der Waals surface area contributed by atoms with E-state index in [0.717, 1.165) is 36.0 Å². The van der Waals surface area contributed by atoms with Crippen molar-refractivity contribution in [1.29, 1.82) is 0 Å². The Balaban J connectivity index is 0.000000120. The molecule has 0 spiro atoms. The van der Waals surface area contributed by atoms with Crippen molar-refractivity contribution < 1.29 is 8.78 Å². The Bertz CT molecular complexity index is 5610. The van der Waals surface area contributed by atoms with Crippen LogP contribution in [0, 0.1) is 15.2 Å². The van der Waals surface area contributed by atoms with E-state index in [-0.39, 0.29) is 11.6 Å². The van der Waals surface area contributed by atoms with E-state index >= 15 is 0 Å². The van der Waals surface area contributed by atoms with Crippen LogP contribution in [-0.2, 0) is 0 Å². The second-order valence-electron chi connectivity index (χ2n) is 25.5. The van der Waals surface area contributed by atoms with Gasteiger partial charge in [0.05, 0.1) is 22.1 Å². The van der Waals surface area contributed by atoms with Crippen LogP contribution in [0.15, 0.2) is 438 Å². The van der Waals surface area contributed by atoms with Gasteiger partial charge in [-0.1, -0.05) is 105 Å². The third-order valence-electron chi connectivity index (χ3n) is 18.6. The first kappa shape index (κ1) is 77.3. The van der Waals surface area contributed by atoms with Crippen molar-refractivity contribution in [2.45, 2.75) is 0 Å². The van der Waals surface area contributed by atoms with E-state index in [0.29, 0.717) is 5.69 Å². The first-order valence-electron chi connectivity index (χ1n) is 35.4. The molecule has 0 radical (unpaired) electrons. The Morgan fingerprint density at radius 3 is 0.945 bits per heavy atom. The average Bonchev–Trinajstić information content (AvgIpc) is 1.25. The molecule has 0 aliphatic heterocycles. The molecule has 0 bridgehead atoms. The first-order chi connectivity index (χ1) is 53.3. The zero-order chi connectivity index (χ0) is 75.4. The average molecular weight is 1870 g/mol. The van der Waals surface area contributed by atoms with E-state index in [2.05, 4.69) is 412 Å². The van der Waals surface area contributed by atoms with Crippen LogP contribution in [0.2, 0.25) is 0 Å². The summed E-state index contributed by atoms with van der Waals surface area (Å²) in [5.74, 6) is -0.485. The number of nitrogen functional groups attached to an aromatic ring is 1. The molecular weight excluding hydrogens is 1790 g/mol. The molecule has 2 aromatic heterocycles. The van der Waals surface area contributed by atoms with Gasteiger partial charge in [-0.25, -0.2) is 8.78 Å². The predicted octanol–water partition coefficient (Wildman–Crippen LogP) is 23.4. The van der Waals surface area contributed by atoms with Crippen molar-refractivity contribution in [2.75, 3.05) is 11.1 Å². The van der Waals surface area contributed by atoms with Crippen LogP contribution in [0.5, 0.6) is 0 Å². The summed E-state index contributed by atoms with van der Waals surface area (Å²) < 4.78 is 44.0. The molecule has 0 fully saturated rings. The fourth-order valence-corrected chi connectivity index (χ4v) is 33.0. The van der Waals surface area contributed by atoms with Crippen molar-refractivity contribution >= 4 is 197 Å². The summed E-state index contributed by atoms with van der Waals surface area (Å²) >= 11 is 6.57. The number of hydrogen-bond donors (Lipinski definition) is 2. The summed E-state index contributed by atoms with van der Waals surface area (Å²) in [5.41, 5.74) is 14.9. The molecule has 3 N–H and O–H groups in total. The topological polar surface area (TPSA) is 47.9 Å². The number of hydrogen-bond acceptors (Lipinski definition) is 2. The number of para-hydroxylation sites is 4. The first-order valence-corrected chi connectivity index (χ1v) is 49.0. The molecule has 0 atom stereocenters. The van der Waals surface area contributed by atoms with Gasteiger partial charge in [0.1, 0.15) is 11.6 Å². The summed E-state index contributed by atoms with van der Waals surface area (Å²) in [7, 11) is 7.30. The van der Waals surface area contributed by atoms with Crippen LogP contribution >= 0.6 is 80.4 Å². The van der Waals surface area contributed by atoms with Crippen LogP contribution < -0.4 is 41.8 Å². The molecule has 0 unspecified atom stereocenters. The van der Waals surface area contributed by atoms with Gasteiger partial charge >= 0.3 is 293 Å². The van der Waals surface area contributed by atoms with Gasteiger partial charge in [-0.15, -0.1) is 0 Å². The van der Waals surface area contributed by atoms with Crippen molar-refractivity contribution in [2.24, 2.45) is 0 Å². The number of halogens is 7.